The number of pyridine rings is 1. The number of carbonyl (C=O) groups is 1. The van der Waals surface area contributed by atoms with Crippen LogP contribution in [0.25, 0.3) is 11.0 Å². The zero-order valence-corrected chi connectivity index (χ0v) is 16.0. The molecule has 0 saturated carbocycles. The lowest BCUT2D eigenvalue weighted by Crippen LogP contribution is -2.38. The number of aromatic amines is 1. The Labute approximate surface area is 159 Å². The van der Waals surface area contributed by atoms with E-state index in [1.165, 1.54) is 11.6 Å². The second-order valence-corrected chi connectivity index (χ2v) is 7.60. The van der Waals surface area contributed by atoms with Gasteiger partial charge in [0, 0.05) is 32.0 Å². The number of likely N-dealkylation sites (tertiary alicyclic amines) is 1. The molecule has 2 saturated heterocycles. The molecule has 6 nitrogen and oxygen atoms in total. The van der Waals surface area contributed by atoms with Crippen LogP contribution in [0.1, 0.15) is 44.6 Å². The summed E-state index contributed by atoms with van der Waals surface area (Å²) in [6.07, 6.45) is 8.28. The fourth-order valence-corrected chi connectivity index (χ4v) is 4.41. The predicted octanol–water partition coefficient (Wildman–Crippen LogP) is 3.40. The number of carbonyl (C=O) groups excluding carboxylic acids is 1. The largest absolute Gasteiger partial charge is 0.487 e. The Morgan fingerprint density at radius 3 is 3.07 bits per heavy atom. The number of nitrogens with one attached hydrogen (secondary N) is 1. The van der Waals surface area contributed by atoms with Crippen molar-refractivity contribution in [2.24, 2.45) is 0 Å². The molecular weight excluding hydrogens is 342 g/mol. The molecule has 0 aromatic carbocycles. The standard InChI is InChI=1S/C21H27N3O3/c1-4-19(25)24-9-6-17(14(24)3)27-18-5-8-22-21-20(18)16(12-23-21)15-7-10-26-13(2)11-15/h4-5,8,12-15,17H,1,6-7,9-11H2,2-3H3,(H,22,23)/t13?,14-,15?,17-/m1/s1. The molecule has 144 valence electrons. The molecule has 2 aliphatic rings. The van der Waals surface area contributed by atoms with Crippen LogP contribution < -0.4 is 4.74 Å². The van der Waals surface area contributed by atoms with E-state index < -0.39 is 0 Å². The fourth-order valence-electron chi connectivity index (χ4n) is 4.41. The molecule has 1 N–H and O–H groups in total. The highest BCUT2D eigenvalue weighted by Gasteiger charge is 2.35. The third kappa shape index (κ3) is 3.34. The maximum Gasteiger partial charge on any atom is 0.246 e. The molecule has 0 radical (unpaired) electrons. The van der Waals surface area contributed by atoms with Crippen molar-refractivity contribution in [3.05, 3.63) is 36.7 Å². The van der Waals surface area contributed by atoms with Crippen molar-refractivity contribution in [3.8, 4) is 5.75 Å². The summed E-state index contributed by atoms with van der Waals surface area (Å²) in [5.74, 6) is 1.25. The molecule has 2 unspecified atom stereocenters. The third-order valence-corrected chi connectivity index (χ3v) is 5.91. The lowest BCUT2D eigenvalue weighted by Gasteiger charge is -2.28. The maximum atomic E-state index is 12.0. The van der Waals surface area contributed by atoms with Crippen molar-refractivity contribution in [2.75, 3.05) is 13.2 Å². The van der Waals surface area contributed by atoms with Crippen LogP contribution in [0.15, 0.2) is 31.1 Å². The van der Waals surface area contributed by atoms with Gasteiger partial charge < -0.3 is 19.4 Å². The zero-order valence-electron chi connectivity index (χ0n) is 16.0. The number of ether oxygens (including phenoxy) is 2. The summed E-state index contributed by atoms with van der Waals surface area (Å²) in [7, 11) is 0. The minimum atomic E-state index is -0.0352. The van der Waals surface area contributed by atoms with Crippen LogP contribution in [0.2, 0.25) is 0 Å². The molecule has 0 aliphatic carbocycles. The zero-order chi connectivity index (χ0) is 19.0. The van der Waals surface area contributed by atoms with Crippen LogP contribution in [-0.4, -0.2) is 52.2 Å². The van der Waals surface area contributed by atoms with E-state index in [4.69, 9.17) is 9.47 Å². The molecule has 4 heterocycles. The van der Waals surface area contributed by atoms with Gasteiger partial charge in [-0.05, 0) is 50.3 Å². The van der Waals surface area contributed by atoms with Gasteiger partial charge in [-0.1, -0.05) is 6.58 Å². The molecule has 27 heavy (non-hydrogen) atoms. The molecule has 4 rings (SSSR count). The first kappa shape index (κ1) is 18.0. The molecule has 2 aromatic rings. The molecule has 0 spiro atoms. The van der Waals surface area contributed by atoms with Crippen molar-refractivity contribution in [1.29, 1.82) is 0 Å². The summed E-state index contributed by atoms with van der Waals surface area (Å²) in [6.45, 7) is 9.24. The van der Waals surface area contributed by atoms with Crippen LogP contribution in [0.3, 0.4) is 0 Å². The molecule has 4 atom stereocenters. The molecule has 0 bridgehead atoms. The lowest BCUT2D eigenvalue weighted by atomic mass is 9.89. The molecular formula is C21H27N3O3. The minimum Gasteiger partial charge on any atom is -0.487 e. The number of rotatable bonds is 4. The van der Waals surface area contributed by atoms with Gasteiger partial charge in [0.25, 0.3) is 0 Å². The second-order valence-electron chi connectivity index (χ2n) is 7.60. The van der Waals surface area contributed by atoms with Gasteiger partial charge in [-0.25, -0.2) is 4.98 Å². The predicted molar refractivity (Wildman–Crippen MR) is 104 cm³/mol. The quantitative estimate of drug-likeness (QED) is 0.839. The van der Waals surface area contributed by atoms with Gasteiger partial charge in [-0.15, -0.1) is 0 Å². The van der Waals surface area contributed by atoms with Crippen LogP contribution >= 0.6 is 0 Å². The SMILES string of the molecule is C=CC(=O)N1CC[C@@H](Oc2ccnc3[nH]cc(C4CCOC(C)C4)c23)[C@H]1C. The Morgan fingerprint density at radius 1 is 1.44 bits per heavy atom. The number of H-pyrrole nitrogens is 1. The summed E-state index contributed by atoms with van der Waals surface area (Å²) in [5, 5.41) is 1.07. The van der Waals surface area contributed by atoms with Crippen molar-refractivity contribution in [3.63, 3.8) is 0 Å². The Morgan fingerprint density at radius 2 is 2.30 bits per heavy atom. The Balaban J connectivity index is 1.62. The topological polar surface area (TPSA) is 67.5 Å². The molecule has 2 fully saturated rings. The van der Waals surface area contributed by atoms with E-state index in [9.17, 15) is 4.79 Å². The maximum absolute atomic E-state index is 12.0. The smallest absolute Gasteiger partial charge is 0.246 e. The van der Waals surface area contributed by atoms with Gasteiger partial charge in [-0.3, -0.25) is 4.79 Å². The third-order valence-electron chi connectivity index (χ3n) is 5.91. The molecule has 6 heteroatoms. The van der Waals surface area contributed by atoms with Crippen molar-refractivity contribution in [2.45, 2.75) is 57.3 Å². The molecule has 2 aliphatic heterocycles. The number of hydrogen-bond acceptors (Lipinski definition) is 4. The average molecular weight is 369 g/mol. The summed E-state index contributed by atoms with van der Waals surface area (Å²) < 4.78 is 12.1. The van der Waals surface area contributed by atoms with Crippen molar-refractivity contribution < 1.29 is 14.3 Å². The average Bonchev–Trinajstić information content (AvgIpc) is 3.26. The Kier molecular flexibility index (Phi) is 4.91. The van der Waals surface area contributed by atoms with E-state index in [2.05, 4.69) is 29.7 Å². The fraction of sp³-hybridized carbons (Fsp3) is 0.524. The first-order valence-electron chi connectivity index (χ1n) is 9.75. The number of aromatic nitrogens is 2. The van der Waals surface area contributed by atoms with E-state index in [0.717, 1.165) is 42.7 Å². The summed E-state index contributed by atoms with van der Waals surface area (Å²) in [4.78, 5) is 21.6. The van der Waals surface area contributed by atoms with Crippen molar-refractivity contribution in [1.82, 2.24) is 14.9 Å². The minimum absolute atomic E-state index is 0.0178. The number of nitrogens with zero attached hydrogens (tertiary/aromatic N) is 2. The summed E-state index contributed by atoms with van der Waals surface area (Å²) in [6, 6.07) is 1.96. The van der Waals surface area contributed by atoms with Gasteiger partial charge in [0.2, 0.25) is 5.91 Å². The number of amides is 1. The lowest BCUT2D eigenvalue weighted by molar-refractivity contribution is -0.127. The molecule has 2 aromatic heterocycles. The van der Waals surface area contributed by atoms with Crippen molar-refractivity contribution >= 4 is 16.9 Å². The van der Waals surface area contributed by atoms with Crippen LogP contribution in [0.4, 0.5) is 0 Å². The van der Waals surface area contributed by atoms with E-state index in [1.54, 1.807) is 6.20 Å². The summed E-state index contributed by atoms with van der Waals surface area (Å²) >= 11 is 0. The highest BCUT2D eigenvalue weighted by molar-refractivity contribution is 5.88. The normalized spacial score (nSPS) is 28.4. The number of hydrogen-bond donors (Lipinski definition) is 1. The van der Waals surface area contributed by atoms with E-state index >= 15 is 0 Å². The van der Waals surface area contributed by atoms with Crippen LogP contribution in [-0.2, 0) is 9.53 Å². The highest BCUT2D eigenvalue weighted by Crippen LogP contribution is 2.39. The summed E-state index contributed by atoms with van der Waals surface area (Å²) in [5.41, 5.74) is 2.11. The number of fused-ring (bicyclic) bond motifs is 1. The van der Waals surface area contributed by atoms with Crippen LogP contribution in [0, 0.1) is 0 Å². The Bertz CT molecular complexity index is 846. The first-order valence-corrected chi connectivity index (χ1v) is 9.75. The first-order chi connectivity index (χ1) is 13.1. The monoisotopic (exact) mass is 369 g/mol. The second kappa shape index (κ2) is 7.35. The van der Waals surface area contributed by atoms with Gasteiger partial charge in [0.15, 0.2) is 0 Å². The van der Waals surface area contributed by atoms with E-state index in [0.29, 0.717) is 12.5 Å². The van der Waals surface area contributed by atoms with Gasteiger partial charge >= 0.3 is 0 Å². The van der Waals surface area contributed by atoms with E-state index in [1.807, 2.05) is 17.9 Å². The van der Waals surface area contributed by atoms with E-state index in [-0.39, 0.29) is 24.2 Å². The van der Waals surface area contributed by atoms with Gasteiger partial charge in [0.05, 0.1) is 17.5 Å². The Hall–Kier alpha value is -2.34. The van der Waals surface area contributed by atoms with Gasteiger partial charge in [0.1, 0.15) is 17.5 Å². The van der Waals surface area contributed by atoms with Gasteiger partial charge in [-0.2, -0.15) is 0 Å². The van der Waals surface area contributed by atoms with Crippen LogP contribution in [0.5, 0.6) is 5.75 Å². The molecule has 1 amide bonds. The highest BCUT2D eigenvalue weighted by atomic mass is 16.5.